The fraction of sp³-hybridized carbons (Fsp3) is 0.314. The van der Waals surface area contributed by atoms with Crippen LogP contribution in [-0.2, 0) is 22.0 Å². The topological polar surface area (TPSA) is 158 Å². The molecule has 1 atom stereocenters. The molecular formula is C35H38BrF2N5O6. The molecule has 0 spiro atoms. The minimum atomic E-state index is -3.48. The molecular weight excluding hydrogens is 704 g/mol. The zero-order valence-electron chi connectivity index (χ0n) is 27.8. The summed E-state index contributed by atoms with van der Waals surface area (Å²) in [6.45, 7) is 6.62. The summed E-state index contributed by atoms with van der Waals surface area (Å²) in [6.07, 6.45) is -1.37. The number of alkyl halides is 2. The summed E-state index contributed by atoms with van der Waals surface area (Å²) in [6, 6.07) is 13.5. The number of halogens is 3. The molecule has 0 aliphatic rings. The molecule has 3 amide bonds. The summed E-state index contributed by atoms with van der Waals surface area (Å²) in [4.78, 5) is 45.2. The Balaban J connectivity index is 1.78. The van der Waals surface area contributed by atoms with E-state index in [2.05, 4.69) is 26.2 Å². The van der Waals surface area contributed by atoms with Gasteiger partial charge in [-0.15, -0.1) is 0 Å². The molecule has 260 valence electrons. The van der Waals surface area contributed by atoms with Crippen molar-refractivity contribution in [1.82, 2.24) is 9.88 Å². The first-order valence-electron chi connectivity index (χ1n) is 15.1. The zero-order valence-corrected chi connectivity index (χ0v) is 29.4. The van der Waals surface area contributed by atoms with Gasteiger partial charge in [0.05, 0.1) is 0 Å². The summed E-state index contributed by atoms with van der Waals surface area (Å²) in [7, 11) is 1.61. The van der Waals surface area contributed by atoms with E-state index in [1.807, 2.05) is 0 Å². The lowest BCUT2D eigenvalue weighted by Gasteiger charge is -2.28. The molecule has 1 aromatic heterocycles. The van der Waals surface area contributed by atoms with Crippen molar-refractivity contribution in [2.75, 3.05) is 29.6 Å². The number of fused-ring (bicyclic) bond motifs is 1. The number of carbonyl (C=O) groups is 3. The number of aromatic nitrogens is 1. The molecule has 1 heterocycles. The number of likely N-dealkylation sites (N-methyl/N-ethyl adjacent to an activating group) is 1. The highest BCUT2D eigenvalue weighted by atomic mass is 79.9. The van der Waals surface area contributed by atoms with Crippen LogP contribution in [0.5, 0.6) is 0 Å². The Morgan fingerprint density at radius 1 is 1.04 bits per heavy atom. The minimum absolute atomic E-state index is 0.169. The van der Waals surface area contributed by atoms with Gasteiger partial charge in [0.15, 0.2) is 5.82 Å². The van der Waals surface area contributed by atoms with Gasteiger partial charge in [-0.1, -0.05) is 28.1 Å². The predicted octanol–water partition coefficient (Wildman–Crippen LogP) is 7.51. The van der Waals surface area contributed by atoms with Gasteiger partial charge in [0.1, 0.15) is 18.2 Å². The number of benzene rings is 3. The van der Waals surface area contributed by atoms with Crippen LogP contribution in [0.3, 0.4) is 0 Å². The van der Waals surface area contributed by atoms with Crippen molar-refractivity contribution in [1.29, 1.82) is 0 Å². The normalized spacial score (nSPS) is 12.4. The van der Waals surface area contributed by atoms with Crippen LogP contribution in [-0.4, -0.2) is 57.4 Å². The Bertz CT molecular complexity index is 1890. The highest BCUT2D eigenvalue weighted by molar-refractivity contribution is 9.10. The second kappa shape index (κ2) is 14.3. The molecule has 3 aromatic carbocycles. The third-order valence-electron chi connectivity index (χ3n) is 7.59. The standard InChI is InChI=1S/C35H38BrF2N5O6/c1-19-13-22(14-20(2)28(19)35(37,38)18-44)29(31(45)42(6)17-23-15-24(39)7-10-27(23)36)41-25-8-9-26-21(16-25)11-12-40-30(26)43(32(46)47)33(48)49-34(3,4)5/h7-16,29,41,44H,17-18,39H2,1-6H3,(H,46,47). The number of amides is 3. The van der Waals surface area contributed by atoms with Gasteiger partial charge in [-0.3, -0.25) is 4.79 Å². The largest absolute Gasteiger partial charge is 0.464 e. The highest BCUT2D eigenvalue weighted by Gasteiger charge is 2.36. The van der Waals surface area contributed by atoms with Gasteiger partial charge in [-0.05, 0) is 105 Å². The Morgan fingerprint density at radius 2 is 1.69 bits per heavy atom. The smallest absolute Gasteiger partial charge is 0.425 e. The number of rotatable bonds is 9. The van der Waals surface area contributed by atoms with E-state index in [-0.39, 0.29) is 29.1 Å². The van der Waals surface area contributed by atoms with Gasteiger partial charge in [0.25, 0.3) is 5.92 Å². The quantitative estimate of drug-likeness (QED) is 0.127. The number of nitrogen functional groups attached to an aromatic ring is 1. The lowest BCUT2D eigenvalue weighted by atomic mass is 9.91. The Morgan fingerprint density at radius 3 is 2.29 bits per heavy atom. The van der Waals surface area contributed by atoms with E-state index in [9.17, 15) is 33.4 Å². The Labute approximate surface area is 290 Å². The van der Waals surface area contributed by atoms with E-state index in [1.54, 1.807) is 70.3 Å². The number of nitrogens with zero attached hydrogens (tertiary/aromatic N) is 3. The molecule has 5 N–H and O–H groups in total. The molecule has 49 heavy (non-hydrogen) atoms. The summed E-state index contributed by atoms with van der Waals surface area (Å²) < 4.78 is 35.4. The fourth-order valence-corrected chi connectivity index (χ4v) is 5.91. The average molecular weight is 743 g/mol. The minimum Gasteiger partial charge on any atom is -0.464 e. The van der Waals surface area contributed by atoms with Gasteiger partial charge < -0.3 is 30.9 Å². The molecule has 1 unspecified atom stereocenters. The van der Waals surface area contributed by atoms with Crippen LogP contribution in [0.1, 0.15) is 54.6 Å². The number of imide groups is 1. The number of nitrogens with one attached hydrogen (secondary N) is 1. The van der Waals surface area contributed by atoms with Crippen molar-refractivity contribution >= 4 is 62.0 Å². The number of aliphatic hydroxyl groups is 1. The molecule has 0 bridgehead atoms. The predicted molar refractivity (Wildman–Crippen MR) is 187 cm³/mol. The van der Waals surface area contributed by atoms with E-state index in [0.29, 0.717) is 32.6 Å². The number of nitrogens with two attached hydrogens (primary N) is 1. The van der Waals surface area contributed by atoms with Crippen molar-refractivity contribution in [3.8, 4) is 0 Å². The molecule has 0 aliphatic heterocycles. The van der Waals surface area contributed by atoms with E-state index in [1.165, 1.54) is 37.1 Å². The number of pyridine rings is 1. The first kappa shape index (κ1) is 37.0. The van der Waals surface area contributed by atoms with Crippen molar-refractivity contribution in [2.24, 2.45) is 0 Å². The van der Waals surface area contributed by atoms with Crippen LogP contribution >= 0.6 is 15.9 Å². The molecule has 11 nitrogen and oxygen atoms in total. The lowest BCUT2D eigenvalue weighted by molar-refractivity contribution is -0.131. The summed E-state index contributed by atoms with van der Waals surface area (Å²) >= 11 is 3.49. The third kappa shape index (κ3) is 8.43. The molecule has 0 fully saturated rings. The van der Waals surface area contributed by atoms with Gasteiger partial charge in [-0.2, -0.15) is 13.7 Å². The van der Waals surface area contributed by atoms with Crippen molar-refractivity contribution < 1.29 is 38.1 Å². The molecule has 0 radical (unpaired) electrons. The maximum Gasteiger partial charge on any atom is 0.425 e. The maximum atomic E-state index is 14.7. The van der Waals surface area contributed by atoms with Crippen molar-refractivity contribution in [3.05, 3.63) is 93.1 Å². The first-order valence-corrected chi connectivity index (χ1v) is 15.9. The number of aryl methyl sites for hydroxylation is 2. The van der Waals surface area contributed by atoms with Crippen molar-refractivity contribution in [2.45, 2.75) is 58.7 Å². The second-order valence-corrected chi connectivity index (χ2v) is 13.5. The fourth-order valence-electron chi connectivity index (χ4n) is 5.54. The Kier molecular flexibility index (Phi) is 10.8. The summed E-state index contributed by atoms with van der Waals surface area (Å²) in [5, 5.41) is 23.3. The van der Waals surface area contributed by atoms with Crippen molar-refractivity contribution in [3.63, 3.8) is 0 Å². The highest BCUT2D eigenvalue weighted by Crippen LogP contribution is 2.36. The van der Waals surface area contributed by atoms with E-state index < -0.39 is 42.3 Å². The van der Waals surface area contributed by atoms with Crippen LogP contribution in [0.15, 0.2) is 65.3 Å². The molecule has 4 aromatic rings. The number of hydrogen-bond donors (Lipinski definition) is 4. The molecule has 4 rings (SSSR count). The average Bonchev–Trinajstić information content (AvgIpc) is 2.99. The number of carbonyl (C=O) groups excluding carboxylic acids is 2. The number of hydrogen-bond acceptors (Lipinski definition) is 8. The van der Waals surface area contributed by atoms with Crippen LogP contribution in [0.4, 0.5) is 35.6 Å². The lowest BCUT2D eigenvalue weighted by Crippen LogP contribution is -2.40. The molecule has 0 aliphatic carbocycles. The maximum absolute atomic E-state index is 14.7. The van der Waals surface area contributed by atoms with E-state index >= 15 is 0 Å². The SMILES string of the molecule is Cc1cc(C(Nc2ccc3c(N(C(=O)O)C(=O)OC(C)(C)C)nccc3c2)C(=O)N(C)Cc2cc(N)ccc2Br)cc(C)c1C(F)(F)CO. The van der Waals surface area contributed by atoms with Crippen LogP contribution < -0.4 is 16.0 Å². The number of ether oxygens (including phenoxy) is 1. The van der Waals surface area contributed by atoms with Gasteiger partial charge in [0, 0.05) is 46.6 Å². The first-order chi connectivity index (χ1) is 22.8. The number of aliphatic hydroxyl groups excluding tert-OH is 1. The Hall–Kier alpha value is -4.82. The third-order valence-corrected chi connectivity index (χ3v) is 8.36. The molecule has 0 saturated heterocycles. The van der Waals surface area contributed by atoms with Crippen LogP contribution in [0.2, 0.25) is 0 Å². The molecule has 0 saturated carbocycles. The number of carboxylic acid groups (broad SMARTS) is 1. The number of anilines is 3. The van der Waals surface area contributed by atoms with E-state index in [4.69, 9.17) is 10.5 Å². The van der Waals surface area contributed by atoms with Crippen LogP contribution in [0, 0.1) is 13.8 Å². The zero-order chi connectivity index (χ0) is 36.4. The van der Waals surface area contributed by atoms with Gasteiger partial charge in [0.2, 0.25) is 5.91 Å². The summed E-state index contributed by atoms with van der Waals surface area (Å²) in [5.74, 6) is -4.05. The van der Waals surface area contributed by atoms with Gasteiger partial charge in [-0.25, -0.2) is 14.6 Å². The van der Waals surface area contributed by atoms with Gasteiger partial charge >= 0.3 is 12.2 Å². The molecule has 14 heteroatoms. The van der Waals surface area contributed by atoms with Crippen LogP contribution in [0.25, 0.3) is 10.8 Å². The monoisotopic (exact) mass is 741 g/mol. The summed E-state index contributed by atoms with van der Waals surface area (Å²) in [5.41, 5.74) is 7.17. The second-order valence-electron chi connectivity index (χ2n) is 12.7. The van der Waals surface area contributed by atoms with E-state index in [0.717, 1.165) is 10.0 Å².